The minimum atomic E-state index is -1.01. The summed E-state index contributed by atoms with van der Waals surface area (Å²) in [6.45, 7) is 7.76. The number of ether oxygens (including phenoxy) is 1. The number of benzene rings is 5. The Morgan fingerprint density at radius 2 is 1.18 bits per heavy atom. The molecule has 1 atom stereocenters. The third-order valence-electron chi connectivity index (χ3n) is 11.1. The maximum Gasteiger partial charge on any atom is 0.313 e. The highest BCUT2D eigenvalue weighted by Crippen LogP contribution is 2.42. The number of nitrogens with zero attached hydrogens (tertiary/aromatic N) is 2. The molecule has 3 N–H and O–H groups in total. The minimum Gasteiger partial charge on any atom is -0.481 e. The molecule has 1 unspecified atom stereocenters. The van der Waals surface area contributed by atoms with Crippen LogP contribution in [0.4, 0.5) is 0 Å². The summed E-state index contributed by atoms with van der Waals surface area (Å²) in [5, 5.41) is 32.2. The van der Waals surface area contributed by atoms with Crippen LogP contribution in [-0.4, -0.2) is 78.0 Å². The number of carbonyl (C=O) groups is 1. The van der Waals surface area contributed by atoms with Crippen LogP contribution in [0.25, 0.3) is 0 Å². The number of aliphatic hydroxyl groups excluding tert-OH is 1. The lowest BCUT2D eigenvalue weighted by Crippen LogP contribution is -2.44. The van der Waals surface area contributed by atoms with E-state index in [9.17, 15) is 20.1 Å². The zero-order valence-corrected chi connectivity index (χ0v) is 34.7. The molecular formula is C49H61ClN2O5. The second-order valence-corrected chi connectivity index (χ2v) is 15.7. The Labute approximate surface area is 346 Å². The number of carboxylic acids is 1. The number of likely N-dealkylation sites (tertiary alicyclic amines) is 1. The van der Waals surface area contributed by atoms with Crippen molar-refractivity contribution in [2.45, 2.75) is 62.8 Å². The van der Waals surface area contributed by atoms with Crippen LogP contribution >= 0.6 is 12.4 Å². The van der Waals surface area contributed by atoms with Crippen LogP contribution in [0.15, 0.2) is 146 Å². The van der Waals surface area contributed by atoms with Gasteiger partial charge in [0.1, 0.15) is 11.7 Å². The Kier molecular flexibility index (Phi) is 17.5. The third-order valence-corrected chi connectivity index (χ3v) is 11.1. The Morgan fingerprint density at radius 3 is 1.61 bits per heavy atom. The molecule has 0 spiro atoms. The summed E-state index contributed by atoms with van der Waals surface area (Å²) in [4.78, 5) is 16.0. The first-order chi connectivity index (χ1) is 27.0. The van der Waals surface area contributed by atoms with E-state index >= 15 is 0 Å². The molecule has 5 aromatic rings. The van der Waals surface area contributed by atoms with Gasteiger partial charge in [-0.05, 0) is 113 Å². The van der Waals surface area contributed by atoms with Crippen molar-refractivity contribution in [3.8, 4) is 0 Å². The molecule has 1 saturated heterocycles. The van der Waals surface area contributed by atoms with E-state index in [4.69, 9.17) is 4.74 Å². The number of likely N-dealkylation sites (N-methyl/N-ethyl adjacent to an activating group) is 1. The van der Waals surface area contributed by atoms with Gasteiger partial charge < -0.3 is 29.9 Å². The molecule has 1 fully saturated rings. The van der Waals surface area contributed by atoms with E-state index in [-0.39, 0.29) is 24.4 Å². The topological polar surface area (TPSA) is 93.5 Å². The smallest absolute Gasteiger partial charge is 0.313 e. The third kappa shape index (κ3) is 12.3. The first-order valence-corrected chi connectivity index (χ1v) is 19.9. The summed E-state index contributed by atoms with van der Waals surface area (Å²) in [7, 11) is 4.12. The summed E-state index contributed by atoms with van der Waals surface area (Å²) >= 11 is 0. The molecule has 0 aliphatic carbocycles. The van der Waals surface area contributed by atoms with Crippen LogP contribution in [0.2, 0.25) is 0 Å². The molecule has 57 heavy (non-hydrogen) atoms. The minimum absolute atomic E-state index is 0. The Morgan fingerprint density at radius 1 is 0.719 bits per heavy atom. The number of hydrogen-bond donors (Lipinski definition) is 3. The van der Waals surface area contributed by atoms with Gasteiger partial charge in [-0.25, -0.2) is 0 Å². The second-order valence-electron chi connectivity index (χ2n) is 15.7. The maximum atomic E-state index is 12.1. The zero-order valence-electron chi connectivity index (χ0n) is 33.9. The van der Waals surface area contributed by atoms with Crippen LogP contribution in [0.1, 0.15) is 85.1 Å². The van der Waals surface area contributed by atoms with E-state index in [0.717, 1.165) is 74.3 Å². The Balaban J connectivity index is 0.000000303. The van der Waals surface area contributed by atoms with Gasteiger partial charge >= 0.3 is 5.97 Å². The molecule has 0 saturated carbocycles. The molecule has 0 radical (unpaired) electrons. The predicted octanol–water partition coefficient (Wildman–Crippen LogP) is 9.29. The quantitative estimate of drug-likeness (QED) is 0.0918. The molecule has 1 heterocycles. The molecule has 0 aromatic heterocycles. The molecule has 304 valence electrons. The van der Waals surface area contributed by atoms with Crippen LogP contribution in [0, 0.1) is 5.92 Å². The number of rotatable bonds is 16. The van der Waals surface area contributed by atoms with Gasteiger partial charge in [0, 0.05) is 6.54 Å². The van der Waals surface area contributed by atoms with Gasteiger partial charge in [-0.1, -0.05) is 146 Å². The Hall–Kier alpha value is -4.34. The van der Waals surface area contributed by atoms with E-state index < -0.39 is 23.1 Å². The van der Waals surface area contributed by atoms with Crippen molar-refractivity contribution in [2.24, 2.45) is 5.92 Å². The summed E-state index contributed by atoms with van der Waals surface area (Å²) < 4.78 is 6.08. The number of piperidine rings is 1. The van der Waals surface area contributed by atoms with Gasteiger partial charge in [0.05, 0.1) is 18.1 Å². The molecule has 6 rings (SSSR count). The molecule has 0 bridgehead atoms. The van der Waals surface area contributed by atoms with Crippen molar-refractivity contribution >= 4 is 18.4 Å². The van der Waals surface area contributed by atoms with E-state index in [1.165, 1.54) is 11.1 Å². The lowest BCUT2D eigenvalue weighted by molar-refractivity contribution is -0.142. The van der Waals surface area contributed by atoms with E-state index in [0.29, 0.717) is 6.42 Å². The summed E-state index contributed by atoms with van der Waals surface area (Å²) in [5.74, 6) is -0.733. The zero-order chi connectivity index (χ0) is 40.0. The highest BCUT2D eigenvalue weighted by atomic mass is 35.5. The normalized spacial score (nSPS) is 14.4. The summed E-state index contributed by atoms with van der Waals surface area (Å²) in [5.41, 5.74) is 3.87. The van der Waals surface area contributed by atoms with Gasteiger partial charge in [0.25, 0.3) is 0 Å². The second kappa shape index (κ2) is 22.0. The average molecular weight is 793 g/mol. The van der Waals surface area contributed by atoms with Crippen LogP contribution < -0.4 is 0 Å². The molecule has 7 nitrogen and oxygen atoms in total. The van der Waals surface area contributed by atoms with E-state index in [2.05, 4.69) is 72.4 Å². The number of aliphatic carboxylic acids is 1. The van der Waals surface area contributed by atoms with Gasteiger partial charge in [-0.3, -0.25) is 4.79 Å². The standard InChI is InChI=1S/C32H39NO4.C17H21NO.ClH/c1-31(2,30(35)36)25-17-15-24(16-18-25)29(34)14-9-21-33-22-19-28(20-23-33)32(37,26-10-5-3-6-11-26)27-12-7-4-8-13-27;1-18(2)13-14-19-17(15-9-5-3-6-10-15)16-11-7-4-8-12-16;/h3-8,10-13,15-18,28-29,34,37H,9,14,19-23H2,1-2H3,(H,35,36);3-12,17H,13-14H2,1-2H3;1H. The van der Waals surface area contributed by atoms with Crippen molar-refractivity contribution in [2.75, 3.05) is 46.9 Å². The van der Waals surface area contributed by atoms with Gasteiger partial charge in [-0.2, -0.15) is 0 Å². The highest BCUT2D eigenvalue weighted by molar-refractivity contribution is 5.85. The first-order valence-electron chi connectivity index (χ1n) is 19.9. The molecule has 1 aliphatic heterocycles. The van der Waals surface area contributed by atoms with Crippen LogP contribution in [0.5, 0.6) is 0 Å². The molecule has 1 aliphatic rings. The number of hydrogen-bond acceptors (Lipinski definition) is 6. The van der Waals surface area contributed by atoms with E-state index in [1.807, 2.05) is 84.9 Å². The molecule has 8 heteroatoms. The monoisotopic (exact) mass is 792 g/mol. The predicted molar refractivity (Wildman–Crippen MR) is 233 cm³/mol. The SMILES string of the molecule is CC(C)(C(=O)O)c1ccc(C(O)CCCN2CCC(C(O)(c3ccccc3)c3ccccc3)CC2)cc1.CN(C)CCOC(c1ccccc1)c1ccccc1.Cl. The largest absolute Gasteiger partial charge is 0.481 e. The average Bonchev–Trinajstić information content (AvgIpc) is 3.23. The maximum absolute atomic E-state index is 12.1. The van der Waals surface area contributed by atoms with E-state index in [1.54, 1.807) is 26.0 Å². The van der Waals surface area contributed by atoms with Crippen molar-refractivity contribution in [1.82, 2.24) is 9.80 Å². The molecule has 5 aromatic carbocycles. The number of carboxylic acid groups (broad SMARTS) is 1. The lowest BCUT2D eigenvalue weighted by Gasteiger charge is -2.42. The summed E-state index contributed by atoms with van der Waals surface area (Å²) in [6.07, 6.45) is 2.78. The van der Waals surface area contributed by atoms with Crippen LogP contribution in [-0.2, 0) is 20.5 Å². The Bertz CT molecular complexity index is 1790. The van der Waals surface area contributed by atoms with Crippen molar-refractivity contribution in [1.29, 1.82) is 0 Å². The molecular weight excluding hydrogens is 732 g/mol. The van der Waals surface area contributed by atoms with Crippen molar-refractivity contribution in [3.05, 3.63) is 179 Å². The fraction of sp³-hybridized carbons (Fsp3) is 0.367. The van der Waals surface area contributed by atoms with Gasteiger partial charge in [0.2, 0.25) is 0 Å². The van der Waals surface area contributed by atoms with Crippen molar-refractivity contribution < 1.29 is 24.9 Å². The first kappa shape index (κ1) is 45.4. The van der Waals surface area contributed by atoms with Gasteiger partial charge in [-0.15, -0.1) is 12.4 Å². The van der Waals surface area contributed by atoms with Crippen LogP contribution in [0.3, 0.4) is 0 Å². The number of aliphatic hydroxyl groups is 2. The lowest BCUT2D eigenvalue weighted by atomic mass is 9.72. The summed E-state index contributed by atoms with van der Waals surface area (Å²) in [6, 6.07) is 48.1. The number of halogens is 1. The molecule has 0 amide bonds. The highest BCUT2D eigenvalue weighted by Gasteiger charge is 2.41. The fourth-order valence-electron chi connectivity index (χ4n) is 7.51. The van der Waals surface area contributed by atoms with Crippen molar-refractivity contribution in [3.63, 3.8) is 0 Å². The van der Waals surface area contributed by atoms with Gasteiger partial charge in [0.15, 0.2) is 0 Å². The fourth-order valence-corrected chi connectivity index (χ4v) is 7.51.